The first-order valence-corrected chi connectivity index (χ1v) is 6.83. The lowest BCUT2D eigenvalue weighted by Crippen LogP contribution is -2.36. The maximum absolute atomic E-state index is 12.8. The molecule has 114 valence electrons. The van der Waals surface area contributed by atoms with Crippen LogP contribution in [0.3, 0.4) is 0 Å². The van der Waals surface area contributed by atoms with Crippen molar-refractivity contribution in [2.75, 3.05) is 0 Å². The van der Waals surface area contributed by atoms with E-state index in [9.17, 15) is 17.6 Å². The number of halogens is 4. The minimum atomic E-state index is -4.07. The highest BCUT2D eigenvalue weighted by Gasteiger charge is 2.26. The topological polar surface area (TPSA) is 12.0 Å². The summed E-state index contributed by atoms with van der Waals surface area (Å²) in [5, 5.41) is 3.27. The lowest BCUT2D eigenvalue weighted by molar-refractivity contribution is -0.135. The molecule has 5 heteroatoms. The van der Waals surface area contributed by atoms with Crippen molar-refractivity contribution in [1.29, 1.82) is 0 Å². The summed E-state index contributed by atoms with van der Waals surface area (Å²) in [5.41, 5.74) is 1.01. The Morgan fingerprint density at radius 3 is 2.20 bits per heavy atom. The summed E-state index contributed by atoms with van der Waals surface area (Å²) in [6.07, 6.45) is -3.44. The summed E-state index contributed by atoms with van der Waals surface area (Å²) in [5.74, 6) is -0.269. The molecule has 0 aromatic heterocycles. The zero-order chi connectivity index (χ0) is 15.2. The third-order valence-electron chi connectivity index (χ3n) is 3.12. The van der Waals surface area contributed by atoms with Crippen molar-refractivity contribution < 1.29 is 17.6 Å². The number of hydrogen-bond acceptors (Lipinski definition) is 1. The molecule has 1 nitrogen and oxygen atoms in total. The van der Waals surface area contributed by atoms with Crippen molar-refractivity contribution in [3.8, 4) is 0 Å². The molecule has 0 heterocycles. The molecule has 2 unspecified atom stereocenters. The van der Waals surface area contributed by atoms with Crippen LogP contribution >= 0.6 is 0 Å². The van der Waals surface area contributed by atoms with Gasteiger partial charge in [-0.15, -0.1) is 0 Å². The van der Waals surface area contributed by atoms with Crippen LogP contribution in [0.1, 0.15) is 38.7 Å². The van der Waals surface area contributed by atoms with Crippen LogP contribution < -0.4 is 5.32 Å². The molecule has 1 N–H and O–H groups in total. The molecule has 0 amide bonds. The van der Waals surface area contributed by atoms with Gasteiger partial charge in [0.2, 0.25) is 0 Å². The first kappa shape index (κ1) is 17.0. The third kappa shape index (κ3) is 7.48. The van der Waals surface area contributed by atoms with Crippen LogP contribution in [0.5, 0.6) is 0 Å². The van der Waals surface area contributed by atoms with Crippen LogP contribution in [0, 0.1) is 5.82 Å². The number of benzene rings is 1. The molecule has 0 saturated carbocycles. The molecule has 0 spiro atoms. The van der Waals surface area contributed by atoms with Gasteiger partial charge < -0.3 is 5.32 Å². The SMILES string of the molecule is CC(CCCC(F)(F)F)NC(C)Cc1ccc(F)cc1. The Morgan fingerprint density at radius 1 is 1.05 bits per heavy atom. The van der Waals surface area contributed by atoms with E-state index in [1.807, 2.05) is 13.8 Å². The fourth-order valence-electron chi connectivity index (χ4n) is 2.21. The summed E-state index contributed by atoms with van der Waals surface area (Å²) >= 11 is 0. The van der Waals surface area contributed by atoms with Crippen LogP contribution in [-0.2, 0) is 6.42 Å². The predicted octanol–water partition coefficient (Wildman–Crippen LogP) is 4.47. The summed E-state index contributed by atoms with van der Waals surface area (Å²) in [7, 11) is 0. The Balaban J connectivity index is 2.27. The van der Waals surface area contributed by atoms with E-state index in [2.05, 4.69) is 5.32 Å². The van der Waals surface area contributed by atoms with Gasteiger partial charge in [0.25, 0.3) is 0 Å². The standard InChI is InChI=1S/C15H21F4N/c1-11(4-3-9-15(17,18)19)20-12(2)10-13-5-7-14(16)8-6-13/h5-8,11-12,20H,3-4,9-10H2,1-2H3. The Hall–Kier alpha value is -1.10. The highest BCUT2D eigenvalue weighted by molar-refractivity contribution is 5.17. The van der Waals surface area contributed by atoms with Crippen molar-refractivity contribution in [3.05, 3.63) is 35.6 Å². The molecule has 0 saturated heterocycles. The molecular weight excluding hydrogens is 270 g/mol. The molecule has 0 fully saturated rings. The summed E-state index contributed by atoms with van der Waals surface area (Å²) < 4.78 is 48.9. The molecule has 0 aliphatic carbocycles. The second-order valence-electron chi connectivity index (χ2n) is 5.31. The van der Waals surface area contributed by atoms with Crippen molar-refractivity contribution in [2.45, 2.75) is 57.8 Å². The number of hydrogen-bond donors (Lipinski definition) is 1. The monoisotopic (exact) mass is 291 g/mol. The number of nitrogens with one attached hydrogen (secondary N) is 1. The van der Waals surface area contributed by atoms with Gasteiger partial charge in [0.1, 0.15) is 5.82 Å². The predicted molar refractivity (Wildman–Crippen MR) is 72.1 cm³/mol. The van der Waals surface area contributed by atoms with E-state index < -0.39 is 12.6 Å². The molecule has 0 radical (unpaired) electrons. The van der Waals surface area contributed by atoms with Crippen LogP contribution in [0.4, 0.5) is 17.6 Å². The second kappa shape index (κ2) is 7.62. The third-order valence-corrected chi connectivity index (χ3v) is 3.12. The van der Waals surface area contributed by atoms with Gasteiger partial charge in [-0.3, -0.25) is 0 Å². The van der Waals surface area contributed by atoms with Gasteiger partial charge in [-0.2, -0.15) is 13.2 Å². The lowest BCUT2D eigenvalue weighted by atomic mass is 10.0. The summed E-state index contributed by atoms with van der Waals surface area (Å²) in [6, 6.07) is 6.45. The van der Waals surface area contributed by atoms with Gasteiger partial charge >= 0.3 is 6.18 Å². The van der Waals surface area contributed by atoms with Crippen molar-refractivity contribution in [1.82, 2.24) is 5.32 Å². The van der Waals surface area contributed by atoms with E-state index in [0.717, 1.165) is 12.0 Å². The van der Waals surface area contributed by atoms with E-state index in [1.165, 1.54) is 12.1 Å². The minimum Gasteiger partial charge on any atom is -0.311 e. The van der Waals surface area contributed by atoms with E-state index in [0.29, 0.717) is 6.42 Å². The average molecular weight is 291 g/mol. The molecule has 0 bridgehead atoms. The Kier molecular flexibility index (Phi) is 6.46. The van der Waals surface area contributed by atoms with E-state index >= 15 is 0 Å². The molecular formula is C15H21F4N. The quantitative estimate of drug-likeness (QED) is 0.731. The van der Waals surface area contributed by atoms with Crippen molar-refractivity contribution >= 4 is 0 Å². The molecule has 0 aliphatic rings. The van der Waals surface area contributed by atoms with Crippen LogP contribution in [0.15, 0.2) is 24.3 Å². The molecule has 2 atom stereocenters. The molecule has 1 rings (SSSR count). The smallest absolute Gasteiger partial charge is 0.311 e. The first-order chi connectivity index (χ1) is 9.26. The van der Waals surface area contributed by atoms with Gasteiger partial charge in [-0.25, -0.2) is 4.39 Å². The van der Waals surface area contributed by atoms with Crippen molar-refractivity contribution in [2.24, 2.45) is 0 Å². The van der Waals surface area contributed by atoms with Gasteiger partial charge in [0.15, 0.2) is 0 Å². The van der Waals surface area contributed by atoms with Gasteiger partial charge in [-0.05, 0) is 50.8 Å². The van der Waals surface area contributed by atoms with Crippen LogP contribution in [-0.4, -0.2) is 18.3 Å². The summed E-state index contributed by atoms with van der Waals surface area (Å²) in [6.45, 7) is 3.86. The van der Waals surface area contributed by atoms with Crippen molar-refractivity contribution in [3.63, 3.8) is 0 Å². The maximum Gasteiger partial charge on any atom is 0.389 e. The molecule has 0 aliphatic heterocycles. The number of rotatable bonds is 7. The van der Waals surface area contributed by atoms with E-state index in [-0.39, 0.29) is 24.3 Å². The second-order valence-corrected chi connectivity index (χ2v) is 5.31. The van der Waals surface area contributed by atoms with Gasteiger partial charge in [-0.1, -0.05) is 12.1 Å². The Labute approximate surface area is 117 Å². The molecule has 1 aromatic rings. The highest BCUT2D eigenvalue weighted by atomic mass is 19.4. The minimum absolute atomic E-state index is 0.0350. The zero-order valence-corrected chi connectivity index (χ0v) is 11.8. The average Bonchev–Trinajstić information content (AvgIpc) is 2.30. The summed E-state index contributed by atoms with van der Waals surface area (Å²) in [4.78, 5) is 0. The largest absolute Gasteiger partial charge is 0.389 e. The van der Waals surface area contributed by atoms with Gasteiger partial charge in [0, 0.05) is 18.5 Å². The van der Waals surface area contributed by atoms with Gasteiger partial charge in [0.05, 0.1) is 0 Å². The molecule has 20 heavy (non-hydrogen) atoms. The Bertz CT molecular complexity index is 386. The van der Waals surface area contributed by atoms with Crippen LogP contribution in [0.2, 0.25) is 0 Å². The zero-order valence-electron chi connectivity index (χ0n) is 11.8. The first-order valence-electron chi connectivity index (χ1n) is 6.83. The fraction of sp³-hybridized carbons (Fsp3) is 0.600. The van der Waals surface area contributed by atoms with E-state index in [4.69, 9.17) is 0 Å². The normalized spacial score (nSPS) is 15.1. The fourth-order valence-corrected chi connectivity index (χ4v) is 2.21. The molecule has 1 aromatic carbocycles. The number of alkyl halides is 3. The van der Waals surface area contributed by atoms with Crippen LogP contribution in [0.25, 0.3) is 0 Å². The highest BCUT2D eigenvalue weighted by Crippen LogP contribution is 2.22. The van der Waals surface area contributed by atoms with E-state index in [1.54, 1.807) is 12.1 Å². The lowest BCUT2D eigenvalue weighted by Gasteiger charge is -2.20. The maximum atomic E-state index is 12.8. The Morgan fingerprint density at radius 2 is 1.65 bits per heavy atom.